The van der Waals surface area contributed by atoms with Crippen LogP contribution in [0.1, 0.15) is 35.6 Å². The van der Waals surface area contributed by atoms with Crippen LogP contribution in [0.25, 0.3) is 0 Å². The van der Waals surface area contributed by atoms with Crippen molar-refractivity contribution in [2.24, 2.45) is 0 Å². The Kier molecular flexibility index (Phi) is 3.66. The highest BCUT2D eigenvalue weighted by molar-refractivity contribution is 5.96. The lowest BCUT2D eigenvalue weighted by molar-refractivity contribution is 0.0600. The lowest BCUT2D eigenvalue weighted by Gasteiger charge is -2.10. The highest BCUT2D eigenvalue weighted by atomic mass is 16.5. The number of aromatic nitrogens is 1. The van der Waals surface area contributed by atoms with Crippen LogP contribution in [-0.4, -0.2) is 18.1 Å². The molecule has 0 bridgehead atoms. The molecule has 0 aliphatic heterocycles. The largest absolute Gasteiger partial charge is 0.465 e. The van der Waals surface area contributed by atoms with E-state index in [2.05, 4.69) is 9.72 Å². The van der Waals surface area contributed by atoms with Crippen molar-refractivity contribution in [1.29, 1.82) is 0 Å². The van der Waals surface area contributed by atoms with Crippen molar-refractivity contribution >= 4 is 11.7 Å². The quantitative estimate of drug-likeness (QED) is 0.766. The molecule has 0 atom stereocenters. The molecule has 1 rings (SSSR count). The highest BCUT2D eigenvalue weighted by Crippen LogP contribution is 2.19. The molecule has 15 heavy (non-hydrogen) atoms. The average molecular weight is 208 g/mol. The predicted octanol–water partition coefficient (Wildman–Crippen LogP) is 1.58. The van der Waals surface area contributed by atoms with E-state index in [-0.39, 0.29) is 0 Å². The molecule has 0 saturated carbocycles. The van der Waals surface area contributed by atoms with Crippen molar-refractivity contribution in [2.75, 3.05) is 12.8 Å². The Bertz CT molecular complexity index is 375. The summed E-state index contributed by atoms with van der Waals surface area (Å²) in [5.41, 5.74) is 8.27. The average Bonchev–Trinajstić information content (AvgIpc) is 2.26. The molecule has 0 aliphatic rings. The molecule has 4 nitrogen and oxygen atoms in total. The van der Waals surface area contributed by atoms with Gasteiger partial charge in [0.05, 0.1) is 12.8 Å². The van der Waals surface area contributed by atoms with Gasteiger partial charge in [0.25, 0.3) is 0 Å². The molecule has 1 heterocycles. The van der Waals surface area contributed by atoms with Gasteiger partial charge >= 0.3 is 5.97 Å². The number of esters is 1. The first-order chi connectivity index (χ1) is 7.13. The summed E-state index contributed by atoms with van der Waals surface area (Å²) in [7, 11) is 1.34. The summed E-state index contributed by atoms with van der Waals surface area (Å²) in [6, 6.07) is 1.73. The third-order valence-corrected chi connectivity index (χ3v) is 2.26. The Morgan fingerprint density at radius 2 is 2.13 bits per heavy atom. The van der Waals surface area contributed by atoms with Gasteiger partial charge in [0, 0.05) is 11.4 Å². The standard InChI is InChI=1S/C11H16N2O2/c1-4-7-6-8(12)10(11(14)15-3)9(5-2)13-7/h6H,4-5H2,1-3H3,(H2,12,13). The molecule has 0 unspecified atom stereocenters. The number of rotatable bonds is 3. The number of nitrogen functional groups attached to an aromatic ring is 1. The van der Waals surface area contributed by atoms with Crippen LogP contribution < -0.4 is 5.73 Å². The van der Waals surface area contributed by atoms with Gasteiger partial charge in [-0.3, -0.25) is 4.98 Å². The summed E-state index contributed by atoms with van der Waals surface area (Å²) < 4.78 is 4.67. The van der Waals surface area contributed by atoms with Crippen LogP contribution in [0.2, 0.25) is 0 Å². The molecule has 4 heteroatoms. The zero-order valence-electron chi connectivity index (χ0n) is 9.33. The van der Waals surface area contributed by atoms with Gasteiger partial charge in [-0.05, 0) is 18.9 Å². The Morgan fingerprint density at radius 1 is 1.47 bits per heavy atom. The second kappa shape index (κ2) is 4.77. The van der Waals surface area contributed by atoms with E-state index >= 15 is 0 Å². The fourth-order valence-corrected chi connectivity index (χ4v) is 1.45. The van der Waals surface area contributed by atoms with E-state index in [4.69, 9.17) is 5.73 Å². The van der Waals surface area contributed by atoms with Crippen LogP contribution in [0.5, 0.6) is 0 Å². The number of ether oxygens (including phenoxy) is 1. The van der Waals surface area contributed by atoms with Gasteiger partial charge in [0.2, 0.25) is 0 Å². The lowest BCUT2D eigenvalue weighted by Crippen LogP contribution is -2.12. The first kappa shape index (κ1) is 11.5. The number of carbonyl (C=O) groups is 1. The number of pyridine rings is 1. The van der Waals surface area contributed by atoms with E-state index in [0.29, 0.717) is 23.4 Å². The molecular weight excluding hydrogens is 192 g/mol. The molecule has 82 valence electrons. The number of carbonyl (C=O) groups excluding carboxylic acids is 1. The minimum atomic E-state index is -0.417. The molecule has 1 aromatic heterocycles. The van der Waals surface area contributed by atoms with Crippen LogP contribution in [-0.2, 0) is 17.6 Å². The van der Waals surface area contributed by atoms with Crippen molar-refractivity contribution in [3.05, 3.63) is 23.0 Å². The van der Waals surface area contributed by atoms with Gasteiger partial charge < -0.3 is 10.5 Å². The van der Waals surface area contributed by atoms with Crippen LogP contribution in [0.4, 0.5) is 5.69 Å². The maximum Gasteiger partial charge on any atom is 0.341 e. The van der Waals surface area contributed by atoms with Gasteiger partial charge in [0.15, 0.2) is 0 Å². The van der Waals surface area contributed by atoms with Gasteiger partial charge in [-0.1, -0.05) is 13.8 Å². The van der Waals surface area contributed by atoms with Crippen molar-refractivity contribution in [1.82, 2.24) is 4.98 Å². The maximum absolute atomic E-state index is 11.5. The number of hydrogen-bond donors (Lipinski definition) is 1. The van der Waals surface area contributed by atoms with Gasteiger partial charge in [-0.25, -0.2) is 4.79 Å². The molecule has 0 amide bonds. The first-order valence-corrected chi connectivity index (χ1v) is 5.00. The number of nitrogens with two attached hydrogens (primary N) is 1. The lowest BCUT2D eigenvalue weighted by atomic mass is 10.1. The summed E-state index contributed by atoms with van der Waals surface area (Å²) in [4.78, 5) is 15.8. The van der Waals surface area contributed by atoms with E-state index in [1.54, 1.807) is 6.07 Å². The molecule has 0 fully saturated rings. The van der Waals surface area contributed by atoms with E-state index in [1.165, 1.54) is 7.11 Å². The highest BCUT2D eigenvalue weighted by Gasteiger charge is 2.16. The fourth-order valence-electron chi connectivity index (χ4n) is 1.45. The van der Waals surface area contributed by atoms with E-state index in [9.17, 15) is 4.79 Å². The van der Waals surface area contributed by atoms with Crippen molar-refractivity contribution in [3.8, 4) is 0 Å². The molecular formula is C11H16N2O2. The maximum atomic E-state index is 11.5. The summed E-state index contributed by atoms with van der Waals surface area (Å²) in [6.45, 7) is 3.94. The molecule has 0 aliphatic carbocycles. The monoisotopic (exact) mass is 208 g/mol. The van der Waals surface area contributed by atoms with Crippen molar-refractivity contribution in [2.45, 2.75) is 26.7 Å². The van der Waals surface area contributed by atoms with Crippen LogP contribution in [0.15, 0.2) is 6.07 Å². The molecule has 0 aromatic carbocycles. The first-order valence-electron chi connectivity index (χ1n) is 5.00. The Morgan fingerprint density at radius 3 is 2.60 bits per heavy atom. The summed E-state index contributed by atoms with van der Waals surface area (Å²) in [6.07, 6.45) is 1.47. The Labute approximate surface area is 89.5 Å². The molecule has 0 saturated heterocycles. The van der Waals surface area contributed by atoms with Gasteiger partial charge in [-0.15, -0.1) is 0 Å². The smallest absolute Gasteiger partial charge is 0.341 e. The second-order valence-electron chi connectivity index (χ2n) is 3.22. The van der Waals surface area contributed by atoms with E-state index < -0.39 is 5.97 Å². The third-order valence-electron chi connectivity index (χ3n) is 2.26. The van der Waals surface area contributed by atoms with E-state index in [1.807, 2.05) is 13.8 Å². The van der Waals surface area contributed by atoms with Gasteiger partial charge in [0.1, 0.15) is 5.56 Å². The number of anilines is 1. The summed E-state index contributed by atoms with van der Waals surface area (Å²) in [5.74, 6) is -0.417. The van der Waals surface area contributed by atoms with Crippen LogP contribution >= 0.6 is 0 Å². The molecule has 0 spiro atoms. The second-order valence-corrected chi connectivity index (χ2v) is 3.22. The summed E-state index contributed by atoms with van der Waals surface area (Å²) in [5, 5.41) is 0. The number of nitrogens with zero attached hydrogens (tertiary/aromatic N) is 1. The van der Waals surface area contributed by atoms with Crippen molar-refractivity contribution in [3.63, 3.8) is 0 Å². The molecule has 2 N–H and O–H groups in total. The minimum absolute atomic E-state index is 0.400. The Balaban J connectivity index is 3.30. The normalized spacial score (nSPS) is 10.1. The topological polar surface area (TPSA) is 65.2 Å². The van der Waals surface area contributed by atoms with Crippen molar-refractivity contribution < 1.29 is 9.53 Å². The van der Waals surface area contributed by atoms with Gasteiger partial charge in [-0.2, -0.15) is 0 Å². The number of aryl methyl sites for hydroxylation is 2. The predicted molar refractivity (Wildman–Crippen MR) is 58.7 cm³/mol. The van der Waals surface area contributed by atoms with Crippen LogP contribution in [0, 0.1) is 0 Å². The molecule has 0 radical (unpaired) electrons. The van der Waals surface area contributed by atoms with Crippen LogP contribution in [0.3, 0.4) is 0 Å². The molecule has 1 aromatic rings. The van der Waals surface area contributed by atoms with E-state index in [0.717, 1.165) is 12.1 Å². The Hall–Kier alpha value is -1.58. The zero-order valence-corrected chi connectivity index (χ0v) is 9.33. The minimum Gasteiger partial charge on any atom is -0.465 e. The summed E-state index contributed by atoms with van der Waals surface area (Å²) >= 11 is 0. The number of hydrogen-bond acceptors (Lipinski definition) is 4. The third kappa shape index (κ3) is 2.26. The number of methoxy groups -OCH3 is 1. The zero-order chi connectivity index (χ0) is 11.4. The fraction of sp³-hybridized carbons (Fsp3) is 0.455. The SMILES string of the molecule is CCc1cc(N)c(C(=O)OC)c(CC)n1.